The SMILES string of the molecule is CN1CCCc2c1nc(N1CCC3(CC1)C(=O)N(C)c1cc(N4CCN(S(=O)(=O)N(C)C)CC4)cc(F)c13)[nH]c2=O. The lowest BCUT2D eigenvalue weighted by Crippen LogP contribution is -2.51. The fourth-order valence-corrected chi connectivity index (χ4v) is 7.86. The molecule has 1 N–H and O–H groups in total. The lowest BCUT2D eigenvalue weighted by molar-refractivity contribution is -0.123. The Kier molecular flexibility index (Phi) is 6.77. The van der Waals surface area contributed by atoms with E-state index in [0.717, 1.165) is 13.0 Å². The number of aromatic amines is 1. The van der Waals surface area contributed by atoms with Gasteiger partial charge >= 0.3 is 0 Å². The van der Waals surface area contributed by atoms with Crippen LogP contribution in [0.25, 0.3) is 0 Å². The van der Waals surface area contributed by atoms with Crippen molar-refractivity contribution in [2.75, 3.05) is 93.6 Å². The molecule has 12 nitrogen and oxygen atoms in total. The van der Waals surface area contributed by atoms with Gasteiger partial charge in [-0.1, -0.05) is 0 Å². The van der Waals surface area contributed by atoms with E-state index < -0.39 is 21.4 Å². The Bertz CT molecular complexity index is 1550. The number of rotatable bonds is 4. The van der Waals surface area contributed by atoms with Crippen LogP contribution in [0.3, 0.4) is 0 Å². The Morgan fingerprint density at radius 2 is 1.66 bits per heavy atom. The maximum atomic E-state index is 16.0. The molecule has 0 saturated carbocycles. The molecule has 1 amide bonds. The van der Waals surface area contributed by atoms with Gasteiger partial charge in [-0.05, 0) is 37.8 Å². The topological polar surface area (TPSA) is 116 Å². The number of piperazine rings is 1. The molecule has 41 heavy (non-hydrogen) atoms. The molecule has 5 heterocycles. The number of nitrogens with one attached hydrogen (secondary N) is 1. The van der Waals surface area contributed by atoms with Crippen molar-refractivity contribution in [2.45, 2.75) is 31.1 Å². The number of anilines is 4. The number of nitrogens with zero attached hydrogens (tertiary/aromatic N) is 7. The Balaban J connectivity index is 1.23. The summed E-state index contributed by atoms with van der Waals surface area (Å²) in [5.41, 5.74) is 1.22. The first-order chi connectivity index (χ1) is 19.4. The highest BCUT2D eigenvalue weighted by atomic mass is 32.2. The van der Waals surface area contributed by atoms with Crippen LogP contribution in [0, 0.1) is 5.82 Å². The van der Waals surface area contributed by atoms with Crippen LogP contribution < -0.4 is 25.2 Å². The van der Waals surface area contributed by atoms with E-state index >= 15 is 4.39 Å². The highest BCUT2D eigenvalue weighted by molar-refractivity contribution is 7.86. The smallest absolute Gasteiger partial charge is 0.281 e. The zero-order valence-electron chi connectivity index (χ0n) is 24.0. The minimum Gasteiger partial charge on any atom is -0.369 e. The maximum absolute atomic E-state index is 16.0. The number of benzene rings is 1. The van der Waals surface area contributed by atoms with Gasteiger partial charge in [0.15, 0.2) is 0 Å². The van der Waals surface area contributed by atoms with Gasteiger partial charge < -0.3 is 19.6 Å². The van der Waals surface area contributed by atoms with Crippen LogP contribution in [0.5, 0.6) is 0 Å². The van der Waals surface area contributed by atoms with E-state index in [9.17, 15) is 18.0 Å². The number of piperidine rings is 1. The predicted octanol–water partition coefficient (Wildman–Crippen LogP) is 0.734. The van der Waals surface area contributed by atoms with Gasteiger partial charge in [0.2, 0.25) is 11.9 Å². The predicted molar refractivity (Wildman–Crippen MR) is 156 cm³/mol. The lowest BCUT2D eigenvalue weighted by atomic mass is 9.73. The molecule has 0 bridgehead atoms. The van der Waals surface area contributed by atoms with Crippen LogP contribution in [0.4, 0.5) is 27.5 Å². The molecule has 0 radical (unpaired) electrons. The number of halogens is 1. The molecular formula is C27H37FN8O4S. The minimum absolute atomic E-state index is 0.127. The molecule has 4 aliphatic heterocycles. The van der Waals surface area contributed by atoms with Crippen molar-refractivity contribution in [2.24, 2.45) is 0 Å². The van der Waals surface area contributed by atoms with Crippen molar-refractivity contribution in [1.82, 2.24) is 18.6 Å². The largest absolute Gasteiger partial charge is 0.369 e. The fraction of sp³-hybridized carbons (Fsp3) is 0.593. The number of hydrogen-bond donors (Lipinski definition) is 1. The molecule has 4 aliphatic rings. The Labute approximate surface area is 239 Å². The Morgan fingerprint density at radius 1 is 0.976 bits per heavy atom. The number of carbonyl (C=O) groups excluding carboxylic acids is 1. The van der Waals surface area contributed by atoms with E-state index in [1.807, 2.05) is 27.8 Å². The third kappa shape index (κ3) is 4.38. The molecule has 1 aromatic carbocycles. The molecule has 0 aliphatic carbocycles. The van der Waals surface area contributed by atoms with Crippen molar-refractivity contribution in [1.29, 1.82) is 0 Å². The number of aromatic nitrogens is 2. The molecule has 2 fully saturated rings. The average Bonchev–Trinajstić information content (AvgIpc) is 3.16. The van der Waals surface area contributed by atoms with Gasteiger partial charge in [0.1, 0.15) is 11.6 Å². The number of amides is 1. The van der Waals surface area contributed by atoms with E-state index in [1.54, 1.807) is 11.9 Å². The molecule has 1 spiro atoms. The van der Waals surface area contributed by atoms with Gasteiger partial charge in [-0.2, -0.15) is 22.0 Å². The highest BCUT2D eigenvalue weighted by Crippen LogP contribution is 2.50. The summed E-state index contributed by atoms with van der Waals surface area (Å²) in [6.07, 6.45) is 2.42. The van der Waals surface area contributed by atoms with Gasteiger partial charge in [-0.3, -0.25) is 14.6 Å². The second kappa shape index (κ2) is 9.95. The molecule has 0 atom stereocenters. The monoisotopic (exact) mass is 588 g/mol. The molecule has 0 unspecified atom stereocenters. The minimum atomic E-state index is -3.51. The summed E-state index contributed by atoms with van der Waals surface area (Å²) in [6, 6.07) is 3.33. The van der Waals surface area contributed by atoms with Crippen LogP contribution in [0.15, 0.2) is 16.9 Å². The number of hydrogen-bond acceptors (Lipinski definition) is 8. The van der Waals surface area contributed by atoms with Gasteiger partial charge in [0, 0.05) is 85.3 Å². The van der Waals surface area contributed by atoms with Gasteiger partial charge in [-0.15, -0.1) is 0 Å². The van der Waals surface area contributed by atoms with Crippen LogP contribution >= 0.6 is 0 Å². The molecule has 1 aromatic heterocycles. The maximum Gasteiger partial charge on any atom is 0.281 e. The van der Waals surface area contributed by atoms with Crippen LogP contribution in [0.2, 0.25) is 0 Å². The van der Waals surface area contributed by atoms with E-state index in [-0.39, 0.29) is 11.5 Å². The standard InChI is InChI=1S/C27H37FN8O4S/c1-31(2)41(39,40)36-14-12-34(13-15-36)18-16-20(28)22-21(17-18)33(4)25(38)27(22)7-10-35(11-8-27)26-29-23-19(24(37)30-26)6-5-9-32(23)3/h16-17H,5-15H2,1-4H3,(H,29,30,37). The number of fused-ring (bicyclic) bond motifs is 3. The third-order valence-electron chi connectivity index (χ3n) is 9.18. The summed E-state index contributed by atoms with van der Waals surface area (Å²) in [6.45, 7) is 3.18. The number of carbonyl (C=O) groups is 1. The van der Waals surface area contributed by atoms with Crippen molar-refractivity contribution < 1.29 is 17.6 Å². The van der Waals surface area contributed by atoms with Gasteiger partial charge in [0.05, 0.1) is 16.7 Å². The summed E-state index contributed by atoms with van der Waals surface area (Å²) >= 11 is 0. The molecule has 14 heteroatoms. The first kappa shape index (κ1) is 27.9. The molecule has 2 saturated heterocycles. The summed E-state index contributed by atoms with van der Waals surface area (Å²) in [5, 5.41) is 0. The Morgan fingerprint density at radius 3 is 2.32 bits per heavy atom. The summed E-state index contributed by atoms with van der Waals surface area (Å²) < 4.78 is 43.6. The fourth-order valence-electron chi connectivity index (χ4n) is 6.77. The summed E-state index contributed by atoms with van der Waals surface area (Å²) in [7, 11) is 3.12. The summed E-state index contributed by atoms with van der Waals surface area (Å²) in [5.74, 6) is 0.643. The van der Waals surface area contributed by atoms with Crippen LogP contribution in [-0.2, 0) is 26.8 Å². The molecular weight excluding hydrogens is 551 g/mol. The van der Waals surface area contributed by atoms with Crippen molar-refractivity contribution >= 4 is 39.3 Å². The number of likely N-dealkylation sites (N-methyl/N-ethyl adjacent to an activating group) is 1. The second-order valence-electron chi connectivity index (χ2n) is 11.6. The average molecular weight is 589 g/mol. The van der Waals surface area contributed by atoms with Crippen molar-refractivity contribution in [3.05, 3.63) is 39.4 Å². The second-order valence-corrected chi connectivity index (χ2v) is 13.8. The zero-order chi connectivity index (χ0) is 29.3. The molecule has 2 aromatic rings. The Hall–Kier alpha value is -3.23. The molecule has 222 valence electrons. The van der Waals surface area contributed by atoms with Crippen LogP contribution in [-0.4, -0.2) is 107 Å². The highest BCUT2D eigenvalue weighted by Gasteiger charge is 2.53. The first-order valence-electron chi connectivity index (χ1n) is 14.1. The van der Waals surface area contributed by atoms with Crippen molar-refractivity contribution in [3.63, 3.8) is 0 Å². The van der Waals surface area contributed by atoms with E-state index in [0.29, 0.717) is 92.8 Å². The van der Waals surface area contributed by atoms with E-state index in [2.05, 4.69) is 4.98 Å². The van der Waals surface area contributed by atoms with Crippen molar-refractivity contribution in [3.8, 4) is 0 Å². The van der Waals surface area contributed by atoms with Gasteiger partial charge in [0.25, 0.3) is 15.8 Å². The lowest BCUT2D eigenvalue weighted by Gasteiger charge is -2.39. The number of H-pyrrole nitrogens is 1. The normalized spacial score (nSPS) is 21.2. The van der Waals surface area contributed by atoms with Crippen LogP contribution in [0.1, 0.15) is 30.4 Å². The zero-order valence-corrected chi connectivity index (χ0v) is 24.8. The first-order valence-corrected chi connectivity index (χ1v) is 15.5. The van der Waals surface area contributed by atoms with Gasteiger partial charge in [-0.25, -0.2) is 4.39 Å². The van der Waals surface area contributed by atoms with E-state index in [4.69, 9.17) is 4.98 Å². The summed E-state index contributed by atoms with van der Waals surface area (Å²) in [4.78, 5) is 41.7. The van der Waals surface area contributed by atoms with E-state index in [1.165, 1.54) is 28.8 Å². The quantitative estimate of drug-likeness (QED) is 0.556. The molecule has 6 rings (SSSR count). The third-order valence-corrected chi connectivity index (χ3v) is 11.1.